The minimum atomic E-state index is 0.0110. The molecule has 86 heavy (non-hydrogen) atoms. The molecule has 0 radical (unpaired) electrons. The molecule has 13 aromatic carbocycles. The number of fused-ring (bicyclic) bond motifs is 20. The third-order valence-corrected chi connectivity index (χ3v) is 19.9. The summed E-state index contributed by atoms with van der Waals surface area (Å²) in [6, 6.07) is 105. The predicted octanol–water partition coefficient (Wildman–Crippen LogP) is 15.3. The normalized spacial score (nSPS) is 13.1. The zero-order valence-electron chi connectivity index (χ0n) is 46.4. The van der Waals surface area contributed by atoms with Crippen molar-refractivity contribution in [2.45, 2.75) is 0 Å². The molecular formula is C78H46B2N6. The number of benzene rings is 13. The zero-order valence-corrected chi connectivity index (χ0v) is 46.4. The van der Waals surface area contributed by atoms with E-state index in [0.29, 0.717) is 0 Å². The molecule has 0 spiro atoms. The van der Waals surface area contributed by atoms with Gasteiger partial charge in [0.1, 0.15) is 0 Å². The summed E-state index contributed by atoms with van der Waals surface area (Å²) in [7, 11) is 0. The minimum absolute atomic E-state index is 0.0110. The van der Waals surface area contributed by atoms with Gasteiger partial charge in [-0.1, -0.05) is 170 Å². The summed E-state index contributed by atoms with van der Waals surface area (Å²) in [6.45, 7) is 0.0221. The molecule has 0 saturated carbocycles. The third kappa shape index (κ3) is 5.52. The van der Waals surface area contributed by atoms with Crippen molar-refractivity contribution in [3.63, 3.8) is 0 Å². The van der Waals surface area contributed by atoms with Gasteiger partial charge in [0.15, 0.2) is 0 Å². The van der Waals surface area contributed by atoms with Gasteiger partial charge < -0.3 is 28.1 Å². The first kappa shape index (κ1) is 45.3. The van der Waals surface area contributed by atoms with Gasteiger partial charge in [0.25, 0.3) is 13.4 Å². The van der Waals surface area contributed by atoms with Gasteiger partial charge in [0.2, 0.25) is 0 Å². The molecule has 21 rings (SSSR count). The lowest BCUT2D eigenvalue weighted by Gasteiger charge is -2.34. The van der Waals surface area contributed by atoms with Gasteiger partial charge in [-0.05, 0) is 142 Å². The molecule has 0 fully saturated rings. The highest BCUT2D eigenvalue weighted by Crippen LogP contribution is 2.49. The summed E-state index contributed by atoms with van der Waals surface area (Å²) in [5.41, 5.74) is 29.9. The maximum absolute atomic E-state index is 2.63. The molecule has 4 aromatic heterocycles. The lowest BCUT2D eigenvalue weighted by atomic mass is 9.34. The Bertz CT molecular complexity index is 5420. The first-order valence-electron chi connectivity index (χ1n) is 30.0. The van der Waals surface area contributed by atoms with Crippen molar-refractivity contribution < 1.29 is 0 Å². The molecule has 4 aliphatic heterocycles. The van der Waals surface area contributed by atoms with Crippen molar-refractivity contribution in [2.24, 2.45) is 0 Å². The zero-order chi connectivity index (χ0) is 55.6. The van der Waals surface area contributed by atoms with Crippen molar-refractivity contribution >= 4 is 168 Å². The van der Waals surface area contributed by atoms with Crippen LogP contribution in [0.3, 0.4) is 0 Å². The molecular weight excluding hydrogens is 1040 g/mol. The number of nitrogens with zero attached hydrogens (tertiary/aromatic N) is 6. The number of hydrogen-bond donors (Lipinski definition) is 0. The van der Waals surface area contributed by atoms with Crippen LogP contribution >= 0.6 is 0 Å². The Morgan fingerprint density at radius 2 is 0.558 bits per heavy atom. The predicted molar refractivity (Wildman–Crippen MR) is 362 cm³/mol. The molecule has 394 valence electrons. The monoisotopic (exact) mass is 1090 g/mol. The van der Waals surface area contributed by atoms with Crippen molar-refractivity contribution in [2.75, 3.05) is 9.80 Å². The van der Waals surface area contributed by atoms with E-state index in [-0.39, 0.29) is 13.4 Å². The van der Waals surface area contributed by atoms with Crippen LogP contribution in [0.1, 0.15) is 0 Å². The van der Waals surface area contributed by atoms with E-state index in [2.05, 4.69) is 307 Å². The van der Waals surface area contributed by atoms with Crippen molar-refractivity contribution in [1.82, 2.24) is 18.3 Å². The molecule has 8 heteroatoms. The molecule has 0 amide bonds. The van der Waals surface area contributed by atoms with Crippen LogP contribution in [-0.4, -0.2) is 31.7 Å². The van der Waals surface area contributed by atoms with Crippen LogP contribution in [0.5, 0.6) is 0 Å². The number of anilines is 6. The summed E-state index contributed by atoms with van der Waals surface area (Å²) in [5, 5.41) is 10.1. The summed E-state index contributed by atoms with van der Waals surface area (Å²) < 4.78 is 10.4. The quantitative estimate of drug-likeness (QED) is 0.155. The second-order valence-corrected chi connectivity index (χ2v) is 23.8. The van der Waals surface area contributed by atoms with E-state index in [1.165, 1.54) is 154 Å². The average Bonchev–Trinajstić information content (AvgIpc) is 1.48. The number of aromatic nitrogens is 4. The van der Waals surface area contributed by atoms with E-state index in [1.807, 2.05) is 0 Å². The fraction of sp³-hybridized carbons (Fsp3) is 0. The second-order valence-electron chi connectivity index (χ2n) is 23.8. The maximum atomic E-state index is 2.63. The SMILES string of the molecule is c1ccc(N(c2ccccc2)c2ccc3c4c2c2ccccc2n4-c2cccc4c2B3c2cccc3c5cc6c7cccc8c7n(c6cc5n-4c23)-c2cccc3c2B8c2ccc(N(c4ccccc4)c4ccccc4)c4c5ccccc5n-3c24)cc1. The Balaban J connectivity index is 0.809. The largest absolute Gasteiger partial charge is 0.310 e. The van der Waals surface area contributed by atoms with Crippen molar-refractivity contribution in [1.29, 1.82) is 0 Å². The third-order valence-electron chi connectivity index (χ3n) is 19.9. The van der Waals surface area contributed by atoms with Gasteiger partial charge in [-0.2, -0.15) is 0 Å². The Morgan fingerprint density at radius 3 is 0.953 bits per heavy atom. The molecule has 6 nitrogen and oxygen atoms in total. The van der Waals surface area contributed by atoms with Gasteiger partial charge in [-0.3, -0.25) is 0 Å². The van der Waals surface area contributed by atoms with Crippen LogP contribution in [-0.2, 0) is 0 Å². The lowest BCUT2D eigenvalue weighted by Crippen LogP contribution is -2.59. The fourth-order valence-electron chi connectivity index (χ4n) is 16.8. The second kappa shape index (κ2) is 16.3. The molecule has 0 N–H and O–H groups in total. The Kier molecular flexibility index (Phi) is 8.60. The van der Waals surface area contributed by atoms with Crippen LogP contribution in [0.2, 0.25) is 0 Å². The average molecular weight is 1090 g/mol. The summed E-state index contributed by atoms with van der Waals surface area (Å²) in [4.78, 5) is 4.88. The van der Waals surface area contributed by atoms with E-state index in [9.17, 15) is 0 Å². The number of para-hydroxylation sites is 8. The molecule has 17 aromatic rings. The van der Waals surface area contributed by atoms with Gasteiger partial charge in [0, 0.05) is 99.6 Å². The van der Waals surface area contributed by atoms with Crippen molar-refractivity contribution in [3.05, 3.63) is 279 Å². The Labute approximate surface area is 494 Å². The van der Waals surface area contributed by atoms with E-state index < -0.39 is 0 Å². The van der Waals surface area contributed by atoms with Crippen LogP contribution in [0, 0.1) is 0 Å². The summed E-state index contributed by atoms with van der Waals surface area (Å²) >= 11 is 0. The van der Waals surface area contributed by atoms with Crippen LogP contribution in [0.4, 0.5) is 34.1 Å². The molecule has 0 unspecified atom stereocenters. The highest BCUT2D eigenvalue weighted by Gasteiger charge is 2.44. The van der Waals surface area contributed by atoms with Gasteiger partial charge >= 0.3 is 0 Å². The lowest BCUT2D eigenvalue weighted by molar-refractivity contribution is 1.13. The smallest absolute Gasteiger partial charge is 0.252 e. The topological polar surface area (TPSA) is 26.2 Å². The Hall–Kier alpha value is -11.2. The molecule has 0 atom stereocenters. The van der Waals surface area contributed by atoms with Gasteiger partial charge in [-0.15, -0.1) is 0 Å². The first-order chi connectivity index (χ1) is 42.8. The summed E-state index contributed by atoms with van der Waals surface area (Å²) in [6.07, 6.45) is 0. The fourth-order valence-corrected chi connectivity index (χ4v) is 16.8. The van der Waals surface area contributed by atoms with Crippen LogP contribution in [0.15, 0.2) is 279 Å². The number of hydrogen-bond acceptors (Lipinski definition) is 2. The molecule has 0 bridgehead atoms. The van der Waals surface area contributed by atoms with Crippen LogP contribution in [0.25, 0.3) is 110 Å². The highest BCUT2D eigenvalue weighted by atomic mass is 15.2. The number of rotatable bonds is 6. The molecule has 0 saturated heterocycles. The van der Waals surface area contributed by atoms with E-state index in [1.54, 1.807) is 0 Å². The molecule has 4 aliphatic rings. The van der Waals surface area contributed by atoms with Crippen LogP contribution < -0.4 is 42.6 Å². The maximum Gasteiger partial charge on any atom is 0.252 e. The standard InChI is InChI=1S/C78H46B2N6/c1-5-21-47(22-6-1)81(48-23-7-2-8-24-48)63-43-41-59-77-71(63)53-29-13-15-35-61(53)83(77)65-37-19-39-67-73(65)79(59)57-33-17-31-51-55-45-56-52-32-18-34-58-76(52)86(70(56)46-69(55)85(67)75(51)57)68-40-20-38-66-74(68)80(58)60-42-44-64(72-54-30-14-16-36-62(54)84(66)78(60)72)82(49-25-9-3-10-26-49)50-27-11-4-12-28-50/h1-46H. The van der Waals surface area contributed by atoms with Gasteiger partial charge in [0.05, 0.1) is 44.5 Å². The minimum Gasteiger partial charge on any atom is -0.310 e. The van der Waals surface area contributed by atoms with E-state index >= 15 is 0 Å². The van der Waals surface area contributed by atoms with Gasteiger partial charge in [-0.25, -0.2) is 0 Å². The molecule has 8 heterocycles. The van der Waals surface area contributed by atoms with E-state index in [4.69, 9.17) is 0 Å². The summed E-state index contributed by atoms with van der Waals surface area (Å²) in [5.74, 6) is 0. The molecule has 0 aliphatic carbocycles. The van der Waals surface area contributed by atoms with Crippen molar-refractivity contribution in [3.8, 4) is 22.7 Å². The van der Waals surface area contributed by atoms with E-state index in [0.717, 1.165) is 22.7 Å². The first-order valence-corrected chi connectivity index (χ1v) is 30.0. The highest BCUT2D eigenvalue weighted by molar-refractivity contribution is 7.01. The Morgan fingerprint density at radius 1 is 0.233 bits per heavy atom.